The highest BCUT2D eigenvalue weighted by Gasteiger charge is 2.72. The normalized spacial score (nSPS) is 27.6. The Morgan fingerprint density at radius 2 is 1.83 bits per heavy atom. The Balaban J connectivity index is 0.000000731. The predicted octanol–water partition coefficient (Wildman–Crippen LogP) is 1.33. The summed E-state index contributed by atoms with van der Waals surface area (Å²) in [5.74, 6) is -5.15. The van der Waals surface area contributed by atoms with Crippen LogP contribution in [-0.4, -0.2) is 100 Å². The van der Waals surface area contributed by atoms with Crippen molar-refractivity contribution in [1.82, 2.24) is 4.90 Å². The van der Waals surface area contributed by atoms with E-state index in [1.165, 1.54) is 6.92 Å². The second-order valence-electron chi connectivity index (χ2n) is 11.7. The largest absolute Gasteiger partial charge is 0.481 e. The number of nitrogens with zero attached hydrogens (tertiary/aromatic N) is 1. The molecule has 4 aliphatic rings. The van der Waals surface area contributed by atoms with E-state index in [0.717, 1.165) is 25.0 Å². The summed E-state index contributed by atoms with van der Waals surface area (Å²) in [6.45, 7) is 3.87. The first-order valence-electron chi connectivity index (χ1n) is 14.3. The van der Waals surface area contributed by atoms with Gasteiger partial charge in [0.05, 0.1) is 17.6 Å². The first-order chi connectivity index (χ1) is 21.4. The zero-order valence-corrected chi connectivity index (χ0v) is 25.3. The van der Waals surface area contributed by atoms with Crippen molar-refractivity contribution in [2.45, 2.75) is 88.2 Å². The molecule has 0 saturated carbocycles. The van der Waals surface area contributed by atoms with Gasteiger partial charge in [0.2, 0.25) is 12.4 Å². The highest BCUT2D eigenvalue weighted by Crippen LogP contribution is 2.64. The number of hydrogen-bond donors (Lipinski definition) is 3. The van der Waals surface area contributed by atoms with Crippen molar-refractivity contribution in [3.8, 4) is 5.75 Å². The highest BCUT2D eigenvalue weighted by molar-refractivity contribution is 5.87. The van der Waals surface area contributed by atoms with E-state index in [0.29, 0.717) is 30.7 Å². The number of likely N-dealkylation sites (tertiary alicyclic amines) is 1. The van der Waals surface area contributed by atoms with E-state index in [-0.39, 0.29) is 24.8 Å². The number of halogens is 3. The molecule has 1 aromatic rings. The number of hydrogen-bond acceptors (Lipinski definition) is 12. The SMILES string of the molecule is CC(=O)O[C@H](C(=O)O[C@@H](C)C(=O)O)[C@H](C)C(=O)OC1=CC[C@@]2(O)[C@H]3Cc4ccc(CO)c5c4[C@@]2(CCN3C)[C@H]1O5.O=CC(F)(F)F. The van der Waals surface area contributed by atoms with Gasteiger partial charge in [-0.2, -0.15) is 13.2 Å². The number of piperidine rings is 1. The second-order valence-corrected chi connectivity index (χ2v) is 11.7. The minimum Gasteiger partial charge on any atom is -0.481 e. The van der Waals surface area contributed by atoms with Gasteiger partial charge in [-0.15, -0.1) is 0 Å². The fraction of sp³-hybridized carbons (Fsp3) is 0.567. The van der Waals surface area contributed by atoms with Crippen molar-refractivity contribution in [3.05, 3.63) is 40.7 Å². The smallest absolute Gasteiger partial charge is 0.446 e. The van der Waals surface area contributed by atoms with Crippen molar-refractivity contribution >= 4 is 30.2 Å². The van der Waals surface area contributed by atoms with Crippen molar-refractivity contribution in [1.29, 1.82) is 0 Å². The maximum Gasteiger partial charge on any atom is 0.446 e. The Morgan fingerprint density at radius 1 is 1.17 bits per heavy atom. The Bertz CT molecular complexity index is 1460. The fourth-order valence-electron chi connectivity index (χ4n) is 6.79. The molecule has 1 aromatic carbocycles. The summed E-state index contributed by atoms with van der Waals surface area (Å²) >= 11 is 0. The van der Waals surface area contributed by atoms with Crippen LogP contribution in [0.25, 0.3) is 0 Å². The average molecular weight is 658 g/mol. The van der Waals surface area contributed by atoms with Crippen LogP contribution < -0.4 is 4.74 Å². The van der Waals surface area contributed by atoms with Gasteiger partial charge < -0.3 is 39.2 Å². The molecule has 2 heterocycles. The van der Waals surface area contributed by atoms with E-state index < -0.39 is 71.6 Å². The molecule has 0 aromatic heterocycles. The number of aliphatic hydroxyl groups is 2. The number of ether oxygens (including phenoxy) is 4. The lowest BCUT2D eigenvalue weighted by atomic mass is 9.50. The quantitative estimate of drug-likeness (QED) is 0.207. The summed E-state index contributed by atoms with van der Waals surface area (Å²) in [6.07, 6.45) is -6.97. The Hall–Kier alpha value is -4.02. The molecule has 2 aliphatic heterocycles. The zero-order valence-electron chi connectivity index (χ0n) is 25.3. The van der Waals surface area contributed by atoms with Crippen LogP contribution in [0, 0.1) is 5.92 Å². The molecule has 5 rings (SSSR count). The third-order valence-corrected chi connectivity index (χ3v) is 8.97. The number of benzene rings is 1. The van der Waals surface area contributed by atoms with Crippen LogP contribution in [0.3, 0.4) is 0 Å². The van der Waals surface area contributed by atoms with Crippen molar-refractivity contribution < 1.29 is 71.4 Å². The number of likely N-dealkylation sites (N-methyl/N-ethyl adjacent to an activating group) is 1. The first kappa shape index (κ1) is 34.8. The molecule has 0 radical (unpaired) electrons. The highest BCUT2D eigenvalue weighted by atomic mass is 19.4. The van der Waals surface area contributed by atoms with Crippen LogP contribution in [-0.2, 0) is 56.6 Å². The topological polar surface area (TPSA) is 186 Å². The number of carboxylic acids is 1. The molecule has 46 heavy (non-hydrogen) atoms. The predicted molar refractivity (Wildman–Crippen MR) is 147 cm³/mol. The number of alkyl halides is 3. The minimum absolute atomic E-state index is 0.145. The minimum atomic E-state index is -4.64. The van der Waals surface area contributed by atoms with Gasteiger partial charge in [0.1, 0.15) is 17.4 Å². The number of aliphatic carboxylic acids is 1. The Kier molecular flexibility index (Phi) is 9.58. The molecule has 0 unspecified atom stereocenters. The molecular weight excluding hydrogens is 623 g/mol. The number of rotatable bonds is 8. The summed E-state index contributed by atoms with van der Waals surface area (Å²) < 4.78 is 53.4. The van der Waals surface area contributed by atoms with E-state index in [1.807, 2.05) is 13.1 Å². The molecular formula is C30H34F3NO12. The maximum absolute atomic E-state index is 13.4. The summed E-state index contributed by atoms with van der Waals surface area (Å²) in [5, 5.41) is 31.4. The molecule has 3 N–H and O–H groups in total. The molecule has 1 saturated heterocycles. The zero-order chi connectivity index (χ0) is 34.4. The van der Waals surface area contributed by atoms with Crippen LogP contribution in [0.1, 0.15) is 50.3 Å². The van der Waals surface area contributed by atoms with Gasteiger partial charge in [0.25, 0.3) is 0 Å². The van der Waals surface area contributed by atoms with Crippen LogP contribution in [0.15, 0.2) is 24.0 Å². The molecule has 1 fully saturated rings. The molecule has 2 bridgehead atoms. The monoisotopic (exact) mass is 657 g/mol. The molecule has 2 aliphatic carbocycles. The fourth-order valence-corrected chi connectivity index (χ4v) is 6.79. The van der Waals surface area contributed by atoms with Crippen LogP contribution in [0.2, 0.25) is 0 Å². The van der Waals surface area contributed by atoms with Crippen LogP contribution >= 0.6 is 0 Å². The third-order valence-electron chi connectivity index (χ3n) is 8.97. The van der Waals surface area contributed by atoms with E-state index >= 15 is 0 Å². The summed E-state index contributed by atoms with van der Waals surface area (Å²) in [4.78, 5) is 59.7. The van der Waals surface area contributed by atoms with Gasteiger partial charge in [0.15, 0.2) is 12.2 Å². The number of carboxylic acid groups (broad SMARTS) is 1. The molecule has 1 spiro atoms. The van der Waals surface area contributed by atoms with E-state index in [4.69, 9.17) is 28.8 Å². The van der Waals surface area contributed by atoms with Gasteiger partial charge in [-0.3, -0.25) is 14.4 Å². The summed E-state index contributed by atoms with van der Waals surface area (Å²) in [5.41, 5.74) is 0.232. The lowest BCUT2D eigenvalue weighted by Crippen LogP contribution is -2.74. The van der Waals surface area contributed by atoms with Gasteiger partial charge in [-0.05, 0) is 51.9 Å². The Labute approximate surface area is 260 Å². The van der Waals surface area contributed by atoms with E-state index in [2.05, 4.69) is 4.90 Å². The third kappa shape index (κ3) is 5.96. The lowest BCUT2D eigenvalue weighted by Gasteiger charge is -2.61. The van der Waals surface area contributed by atoms with Crippen LogP contribution in [0.5, 0.6) is 5.75 Å². The number of esters is 3. The van der Waals surface area contributed by atoms with Crippen molar-refractivity contribution in [3.63, 3.8) is 0 Å². The molecule has 252 valence electrons. The van der Waals surface area contributed by atoms with Crippen molar-refractivity contribution in [2.75, 3.05) is 13.6 Å². The number of carbonyl (C=O) groups is 5. The van der Waals surface area contributed by atoms with Crippen LogP contribution in [0.4, 0.5) is 13.2 Å². The van der Waals surface area contributed by atoms with Gasteiger partial charge in [0, 0.05) is 30.5 Å². The van der Waals surface area contributed by atoms with Crippen molar-refractivity contribution in [2.24, 2.45) is 5.92 Å². The van der Waals surface area contributed by atoms with E-state index in [9.17, 15) is 42.6 Å². The maximum atomic E-state index is 13.4. The number of aliphatic hydroxyl groups excluding tert-OH is 1. The summed E-state index contributed by atoms with van der Waals surface area (Å²) in [7, 11) is 1.97. The number of aldehydes is 1. The first-order valence-corrected chi connectivity index (χ1v) is 14.3. The molecule has 16 heteroatoms. The summed E-state index contributed by atoms with van der Waals surface area (Å²) in [6, 6.07) is 3.54. The average Bonchev–Trinajstić information content (AvgIpc) is 3.34. The number of carbonyl (C=O) groups excluding carboxylic acids is 4. The Morgan fingerprint density at radius 3 is 2.39 bits per heavy atom. The second kappa shape index (κ2) is 12.6. The van der Waals surface area contributed by atoms with E-state index in [1.54, 1.807) is 12.1 Å². The van der Waals surface area contributed by atoms with Gasteiger partial charge in [-0.25, -0.2) is 9.59 Å². The lowest BCUT2D eigenvalue weighted by molar-refractivity contribution is -0.183. The standard InChI is InChI=1S/C28H33NO11.C2HF3O/c1-13(21(38-15(3)31)26(35)37-14(2)24(32)33)25(34)39-18-7-8-28(36)19-11-16-5-6-17(12-30)22-20(16)27(28,23(18)40-22)9-10-29(19)4;3-2(4,5)1-6/h5-7,13-14,19,21,23,30,36H,8-12H2,1-4H3,(H,32,33);1H/t13-,14-,19+,21-,23-,27-,28+;/m0./s1. The molecule has 13 nitrogen and oxygen atoms in total. The molecule has 7 atom stereocenters. The van der Waals surface area contributed by atoms with Gasteiger partial charge in [-0.1, -0.05) is 12.1 Å². The molecule has 0 amide bonds. The van der Waals surface area contributed by atoms with Gasteiger partial charge >= 0.3 is 30.1 Å².